The topological polar surface area (TPSA) is 130 Å². The lowest BCUT2D eigenvalue weighted by Gasteiger charge is -2.34. The van der Waals surface area contributed by atoms with Crippen molar-refractivity contribution in [2.75, 3.05) is 10.8 Å². The Kier molecular flexibility index (Phi) is 10.8. The van der Waals surface area contributed by atoms with Crippen LogP contribution in [0.15, 0.2) is 83.8 Å². The zero-order chi connectivity index (χ0) is 31.0. The van der Waals surface area contributed by atoms with E-state index in [1.807, 2.05) is 0 Å². The molecule has 3 aromatic rings. The maximum absolute atomic E-state index is 14.2. The molecule has 0 heterocycles. The van der Waals surface area contributed by atoms with Crippen molar-refractivity contribution in [3.05, 3.63) is 99.6 Å². The van der Waals surface area contributed by atoms with Crippen LogP contribution in [0.25, 0.3) is 0 Å². The number of carbonyl (C=O) groups excluding carboxylic acids is 2. The zero-order valence-corrected chi connectivity index (χ0v) is 25.5. The fourth-order valence-corrected chi connectivity index (χ4v) is 6.81. The summed E-state index contributed by atoms with van der Waals surface area (Å²) in [5.74, 6) is -0.934. The molecule has 1 saturated carbocycles. The number of nitrogens with zero attached hydrogens (tertiary/aromatic N) is 3. The van der Waals surface area contributed by atoms with Crippen molar-refractivity contribution < 1.29 is 22.9 Å². The van der Waals surface area contributed by atoms with Gasteiger partial charge in [0, 0.05) is 29.7 Å². The van der Waals surface area contributed by atoms with E-state index in [1.165, 1.54) is 35.2 Å². The summed E-state index contributed by atoms with van der Waals surface area (Å²) in [5.41, 5.74) is 0.335. The molecule has 1 aliphatic rings. The van der Waals surface area contributed by atoms with Gasteiger partial charge in [-0.05, 0) is 55.2 Å². The molecule has 228 valence electrons. The Hall–Kier alpha value is -3.96. The minimum Gasteiger partial charge on any atom is -0.352 e. The standard InChI is InChI=1S/C31H35ClN4O6S/c1-2-29(31(38)33-25-10-5-3-6-11-25)34(21-23-16-18-24(32)19-17-23)30(37)22-35(26-12-9-13-27(20-26)36(39)40)43(41,42)28-14-7-4-8-15-28/h4,7-9,12-20,25,29H,2-3,5-6,10-11,21-22H2,1H3,(H,33,38). The van der Waals surface area contributed by atoms with E-state index >= 15 is 0 Å². The molecule has 2 amide bonds. The largest absolute Gasteiger partial charge is 0.352 e. The number of hydrogen-bond donors (Lipinski definition) is 1. The molecule has 1 unspecified atom stereocenters. The van der Waals surface area contributed by atoms with Gasteiger partial charge in [-0.3, -0.25) is 24.0 Å². The normalized spacial score (nSPS) is 14.5. The molecule has 0 spiro atoms. The van der Waals surface area contributed by atoms with E-state index in [4.69, 9.17) is 11.6 Å². The van der Waals surface area contributed by atoms with Crippen LogP contribution in [0.2, 0.25) is 5.02 Å². The van der Waals surface area contributed by atoms with Crippen molar-refractivity contribution in [1.82, 2.24) is 10.2 Å². The van der Waals surface area contributed by atoms with Gasteiger partial charge in [0.1, 0.15) is 12.6 Å². The molecule has 10 nitrogen and oxygen atoms in total. The van der Waals surface area contributed by atoms with Crippen LogP contribution >= 0.6 is 11.6 Å². The number of nitro benzene ring substituents is 1. The van der Waals surface area contributed by atoms with Crippen molar-refractivity contribution in [3.8, 4) is 0 Å². The van der Waals surface area contributed by atoms with Gasteiger partial charge in [-0.25, -0.2) is 8.42 Å². The first kappa shape index (κ1) is 32.0. The molecular weight excluding hydrogens is 592 g/mol. The van der Waals surface area contributed by atoms with Crippen LogP contribution in [-0.2, 0) is 26.2 Å². The minimum atomic E-state index is -4.33. The molecule has 1 N–H and O–H groups in total. The average Bonchev–Trinajstić information content (AvgIpc) is 3.01. The summed E-state index contributed by atoms with van der Waals surface area (Å²) in [6.07, 6.45) is 5.18. The molecule has 4 rings (SSSR count). The van der Waals surface area contributed by atoms with Gasteiger partial charge in [-0.1, -0.05) is 74.2 Å². The zero-order valence-electron chi connectivity index (χ0n) is 23.9. The highest BCUT2D eigenvalue weighted by Crippen LogP contribution is 2.28. The highest BCUT2D eigenvalue weighted by Gasteiger charge is 2.34. The van der Waals surface area contributed by atoms with Gasteiger partial charge in [0.25, 0.3) is 15.7 Å². The third kappa shape index (κ3) is 8.11. The van der Waals surface area contributed by atoms with Gasteiger partial charge < -0.3 is 10.2 Å². The van der Waals surface area contributed by atoms with Crippen molar-refractivity contribution in [3.63, 3.8) is 0 Å². The van der Waals surface area contributed by atoms with Crippen LogP contribution in [-0.4, -0.2) is 48.7 Å². The second kappa shape index (κ2) is 14.5. The summed E-state index contributed by atoms with van der Waals surface area (Å²) in [5, 5.41) is 15.1. The number of sulfonamides is 1. The molecular formula is C31H35ClN4O6S. The van der Waals surface area contributed by atoms with E-state index in [0.717, 1.165) is 42.5 Å². The Balaban J connectivity index is 1.72. The number of benzene rings is 3. The van der Waals surface area contributed by atoms with Gasteiger partial charge >= 0.3 is 0 Å². The summed E-state index contributed by atoms with van der Waals surface area (Å²) in [7, 11) is -4.33. The average molecular weight is 627 g/mol. The first-order valence-electron chi connectivity index (χ1n) is 14.3. The predicted octanol–water partition coefficient (Wildman–Crippen LogP) is 5.70. The smallest absolute Gasteiger partial charge is 0.271 e. The number of rotatable bonds is 12. The Bertz CT molecular complexity index is 1530. The fraction of sp³-hybridized carbons (Fsp3) is 0.355. The SMILES string of the molecule is CCC(C(=O)NC1CCCCC1)N(Cc1ccc(Cl)cc1)C(=O)CN(c1cccc([N+](=O)[O-])c1)S(=O)(=O)c1ccccc1. The summed E-state index contributed by atoms with van der Waals surface area (Å²) >= 11 is 6.07. The maximum atomic E-state index is 14.2. The van der Waals surface area contributed by atoms with Crippen molar-refractivity contribution in [2.45, 2.75) is 69.0 Å². The van der Waals surface area contributed by atoms with E-state index in [0.29, 0.717) is 17.0 Å². The maximum Gasteiger partial charge on any atom is 0.271 e. The first-order chi connectivity index (χ1) is 20.6. The van der Waals surface area contributed by atoms with Crippen LogP contribution in [0.5, 0.6) is 0 Å². The number of nitro groups is 1. The minimum absolute atomic E-state index is 0.0163. The summed E-state index contributed by atoms with van der Waals surface area (Å²) in [4.78, 5) is 40.0. The number of hydrogen-bond acceptors (Lipinski definition) is 6. The molecule has 0 saturated heterocycles. The molecule has 1 atom stereocenters. The van der Waals surface area contributed by atoms with E-state index in [9.17, 15) is 28.1 Å². The lowest BCUT2D eigenvalue weighted by Crippen LogP contribution is -2.54. The number of non-ortho nitro benzene ring substituents is 1. The van der Waals surface area contributed by atoms with Gasteiger partial charge in [0.05, 0.1) is 15.5 Å². The predicted molar refractivity (Wildman–Crippen MR) is 165 cm³/mol. The summed E-state index contributed by atoms with van der Waals surface area (Å²) in [6, 6.07) is 18.7. The molecule has 0 radical (unpaired) electrons. The van der Waals surface area contributed by atoms with Crippen molar-refractivity contribution in [2.24, 2.45) is 0 Å². The van der Waals surface area contributed by atoms with Gasteiger partial charge in [0.15, 0.2) is 0 Å². The number of amides is 2. The van der Waals surface area contributed by atoms with Gasteiger partial charge in [0.2, 0.25) is 11.8 Å². The quantitative estimate of drug-likeness (QED) is 0.203. The van der Waals surface area contributed by atoms with E-state index in [1.54, 1.807) is 49.4 Å². The highest BCUT2D eigenvalue weighted by atomic mass is 35.5. The molecule has 12 heteroatoms. The fourth-order valence-electron chi connectivity index (χ4n) is 5.26. The van der Waals surface area contributed by atoms with Crippen molar-refractivity contribution >= 4 is 44.8 Å². The van der Waals surface area contributed by atoms with Crippen LogP contribution in [0.4, 0.5) is 11.4 Å². The second-order valence-electron chi connectivity index (χ2n) is 10.5. The Morgan fingerprint density at radius 3 is 2.30 bits per heavy atom. The Morgan fingerprint density at radius 2 is 1.67 bits per heavy atom. The number of carbonyl (C=O) groups is 2. The Morgan fingerprint density at radius 1 is 1.00 bits per heavy atom. The van der Waals surface area contributed by atoms with E-state index in [-0.39, 0.29) is 34.8 Å². The molecule has 0 aliphatic heterocycles. The molecule has 43 heavy (non-hydrogen) atoms. The molecule has 0 bridgehead atoms. The lowest BCUT2D eigenvalue weighted by molar-refractivity contribution is -0.384. The highest BCUT2D eigenvalue weighted by molar-refractivity contribution is 7.92. The van der Waals surface area contributed by atoms with Gasteiger partial charge in [-0.15, -0.1) is 0 Å². The number of anilines is 1. The van der Waals surface area contributed by atoms with Crippen LogP contribution in [0.1, 0.15) is 51.0 Å². The molecule has 0 aromatic heterocycles. The number of nitrogens with one attached hydrogen (secondary N) is 1. The summed E-state index contributed by atoms with van der Waals surface area (Å²) in [6.45, 7) is 1.15. The lowest BCUT2D eigenvalue weighted by atomic mass is 9.95. The van der Waals surface area contributed by atoms with E-state index < -0.39 is 33.4 Å². The Labute approximate surface area is 256 Å². The van der Waals surface area contributed by atoms with Crippen LogP contribution < -0.4 is 9.62 Å². The third-order valence-corrected chi connectivity index (χ3v) is 9.58. The molecule has 1 aliphatic carbocycles. The second-order valence-corrected chi connectivity index (χ2v) is 12.8. The molecule has 1 fully saturated rings. The first-order valence-corrected chi connectivity index (χ1v) is 16.1. The monoisotopic (exact) mass is 626 g/mol. The van der Waals surface area contributed by atoms with Crippen molar-refractivity contribution in [1.29, 1.82) is 0 Å². The summed E-state index contributed by atoms with van der Waals surface area (Å²) < 4.78 is 28.6. The third-order valence-electron chi connectivity index (χ3n) is 7.54. The molecule has 3 aromatic carbocycles. The van der Waals surface area contributed by atoms with Crippen LogP contribution in [0, 0.1) is 10.1 Å². The number of halogens is 1. The van der Waals surface area contributed by atoms with Crippen LogP contribution in [0.3, 0.4) is 0 Å². The van der Waals surface area contributed by atoms with E-state index in [2.05, 4.69) is 5.32 Å². The van der Waals surface area contributed by atoms with Gasteiger partial charge in [-0.2, -0.15) is 0 Å².